The average Bonchev–Trinajstić information content (AvgIpc) is 2.27. The normalized spacial score (nSPS) is 29.9. The van der Waals surface area contributed by atoms with E-state index in [0.717, 1.165) is 19.5 Å². The lowest BCUT2D eigenvalue weighted by Crippen LogP contribution is -2.53. The lowest BCUT2D eigenvalue weighted by molar-refractivity contribution is -0.127. The number of nitrogens with one attached hydrogen (secondary N) is 1. The van der Waals surface area contributed by atoms with Crippen LogP contribution in [0.2, 0.25) is 0 Å². The summed E-state index contributed by atoms with van der Waals surface area (Å²) in [5.41, 5.74) is 5.69. The first kappa shape index (κ1) is 12.5. The molecule has 15 heavy (non-hydrogen) atoms. The highest BCUT2D eigenvalue weighted by Gasteiger charge is 2.30. The maximum Gasteiger partial charge on any atom is 0.236 e. The monoisotopic (exact) mass is 213 g/mol. The van der Waals surface area contributed by atoms with E-state index in [-0.39, 0.29) is 11.9 Å². The third-order valence-corrected chi connectivity index (χ3v) is 3.48. The Morgan fingerprint density at radius 1 is 1.60 bits per heavy atom. The molecule has 88 valence electrons. The molecule has 0 aromatic carbocycles. The highest BCUT2D eigenvalue weighted by Crippen LogP contribution is 2.23. The second-order valence-corrected chi connectivity index (χ2v) is 4.52. The van der Waals surface area contributed by atoms with Crippen LogP contribution in [-0.4, -0.2) is 43.0 Å². The fourth-order valence-electron chi connectivity index (χ4n) is 2.30. The Morgan fingerprint density at radius 2 is 2.27 bits per heavy atom. The molecule has 1 heterocycles. The van der Waals surface area contributed by atoms with Gasteiger partial charge in [-0.15, -0.1) is 0 Å². The summed E-state index contributed by atoms with van der Waals surface area (Å²) in [6, 6.07) is 0.444. The van der Waals surface area contributed by atoms with Gasteiger partial charge >= 0.3 is 0 Å². The van der Waals surface area contributed by atoms with E-state index in [2.05, 4.69) is 17.1 Å². The molecule has 1 rings (SSSR count). The van der Waals surface area contributed by atoms with Crippen molar-refractivity contribution in [3.8, 4) is 0 Å². The van der Waals surface area contributed by atoms with Crippen LogP contribution >= 0.6 is 0 Å². The summed E-state index contributed by atoms with van der Waals surface area (Å²) < 4.78 is 0. The van der Waals surface area contributed by atoms with Crippen LogP contribution in [0, 0.1) is 5.92 Å². The highest BCUT2D eigenvalue weighted by molar-refractivity contribution is 5.81. The van der Waals surface area contributed by atoms with Gasteiger partial charge in [-0.1, -0.05) is 0 Å². The summed E-state index contributed by atoms with van der Waals surface area (Å²) in [7, 11) is 1.69. The zero-order valence-electron chi connectivity index (χ0n) is 9.99. The smallest absolute Gasteiger partial charge is 0.236 e. The molecule has 4 heteroatoms. The number of carbonyl (C=O) groups excluding carboxylic acids is 1. The lowest BCUT2D eigenvalue weighted by atomic mass is 9.92. The molecule has 0 aromatic rings. The van der Waals surface area contributed by atoms with Crippen LogP contribution < -0.4 is 11.1 Å². The first-order valence-corrected chi connectivity index (χ1v) is 5.77. The van der Waals surface area contributed by atoms with E-state index in [1.807, 2.05) is 6.92 Å². The van der Waals surface area contributed by atoms with Gasteiger partial charge in [0.25, 0.3) is 0 Å². The third kappa shape index (κ3) is 2.92. The maximum absolute atomic E-state index is 11.6. The Labute approximate surface area is 92.2 Å². The van der Waals surface area contributed by atoms with Crippen molar-refractivity contribution in [2.24, 2.45) is 11.7 Å². The number of likely N-dealkylation sites (N-methyl/N-ethyl adjacent to an activating group) is 1. The zero-order valence-corrected chi connectivity index (χ0v) is 9.99. The number of rotatable bonds is 3. The van der Waals surface area contributed by atoms with Crippen molar-refractivity contribution in [2.75, 3.05) is 20.1 Å². The van der Waals surface area contributed by atoms with E-state index >= 15 is 0 Å². The molecule has 3 atom stereocenters. The maximum atomic E-state index is 11.6. The van der Waals surface area contributed by atoms with E-state index in [1.165, 1.54) is 6.42 Å². The number of hydrogen-bond donors (Lipinski definition) is 2. The molecule has 0 bridgehead atoms. The topological polar surface area (TPSA) is 58.4 Å². The first-order chi connectivity index (χ1) is 7.10. The molecule has 1 fully saturated rings. The molecule has 3 N–H and O–H groups in total. The van der Waals surface area contributed by atoms with Crippen LogP contribution in [0.15, 0.2) is 0 Å². The predicted octanol–water partition coefficient (Wildman–Crippen LogP) is 0.180. The predicted molar refractivity (Wildman–Crippen MR) is 61.5 cm³/mol. The van der Waals surface area contributed by atoms with Gasteiger partial charge in [0.15, 0.2) is 0 Å². The summed E-state index contributed by atoms with van der Waals surface area (Å²) in [6.45, 7) is 5.83. The summed E-state index contributed by atoms with van der Waals surface area (Å²) in [6.07, 6.45) is 2.33. The Hall–Kier alpha value is -0.610. The van der Waals surface area contributed by atoms with Crippen molar-refractivity contribution in [1.29, 1.82) is 0 Å². The Bertz CT molecular complexity index is 220. The molecule has 0 radical (unpaired) electrons. The van der Waals surface area contributed by atoms with Crippen molar-refractivity contribution < 1.29 is 4.79 Å². The largest absolute Gasteiger partial charge is 0.358 e. The molecule has 1 aliphatic heterocycles. The summed E-state index contributed by atoms with van der Waals surface area (Å²) in [4.78, 5) is 13.8. The number of likely N-dealkylation sites (tertiary alicyclic amines) is 1. The van der Waals surface area contributed by atoms with Gasteiger partial charge in [-0.25, -0.2) is 0 Å². The number of amides is 1. The average molecular weight is 213 g/mol. The molecule has 3 unspecified atom stereocenters. The van der Waals surface area contributed by atoms with E-state index in [0.29, 0.717) is 12.0 Å². The summed E-state index contributed by atoms with van der Waals surface area (Å²) in [5.74, 6) is 0.646. The fraction of sp³-hybridized carbons (Fsp3) is 0.909. The van der Waals surface area contributed by atoms with Gasteiger partial charge in [0.05, 0.1) is 6.04 Å². The van der Waals surface area contributed by atoms with Crippen LogP contribution in [0.3, 0.4) is 0 Å². The van der Waals surface area contributed by atoms with E-state index in [4.69, 9.17) is 5.73 Å². The minimum atomic E-state index is -0.0423. The quantitative estimate of drug-likeness (QED) is 0.703. The van der Waals surface area contributed by atoms with Crippen molar-refractivity contribution in [1.82, 2.24) is 10.2 Å². The molecule has 1 saturated heterocycles. The number of nitrogens with two attached hydrogens (primary N) is 1. The van der Waals surface area contributed by atoms with Gasteiger partial charge < -0.3 is 11.1 Å². The van der Waals surface area contributed by atoms with Gasteiger partial charge in [0.1, 0.15) is 0 Å². The molecule has 4 nitrogen and oxygen atoms in total. The molecule has 0 aliphatic carbocycles. The van der Waals surface area contributed by atoms with Crippen LogP contribution in [0.1, 0.15) is 26.7 Å². The SMILES string of the molecule is CNC(=O)C(C)N1CC(CN)CCC1C. The molecule has 0 spiro atoms. The van der Waals surface area contributed by atoms with Gasteiger partial charge in [-0.2, -0.15) is 0 Å². The van der Waals surface area contributed by atoms with Crippen LogP contribution in [0.25, 0.3) is 0 Å². The second-order valence-electron chi connectivity index (χ2n) is 4.52. The highest BCUT2D eigenvalue weighted by atomic mass is 16.2. The van der Waals surface area contributed by atoms with Crippen LogP contribution in [0.4, 0.5) is 0 Å². The number of carbonyl (C=O) groups is 1. The van der Waals surface area contributed by atoms with Crippen molar-refractivity contribution in [3.05, 3.63) is 0 Å². The van der Waals surface area contributed by atoms with Crippen LogP contribution in [0.5, 0.6) is 0 Å². The molecule has 0 saturated carbocycles. The Kier molecular flexibility index (Phi) is 4.54. The number of piperidine rings is 1. The minimum Gasteiger partial charge on any atom is -0.358 e. The Morgan fingerprint density at radius 3 is 2.80 bits per heavy atom. The van der Waals surface area contributed by atoms with Gasteiger partial charge in [0.2, 0.25) is 5.91 Å². The minimum absolute atomic E-state index is 0.0423. The van der Waals surface area contributed by atoms with Crippen molar-refractivity contribution in [3.63, 3.8) is 0 Å². The number of nitrogens with zero attached hydrogens (tertiary/aromatic N) is 1. The van der Waals surface area contributed by atoms with Crippen molar-refractivity contribution in [2.45, 2.75) is 38.8 Å². The Balaban J connectivity index is 2.60. The molecule has 0 aromatic heterocycles. The standard InChI is InChI=1S/C11H23N3O/c1-8-4-5-10(6-12)7-14(8)9(2)11(15)13-3/h8-10H,4-7,12H2,1-3H3,(H,13,15). The number of hydrogen-bond acceptors (Lipinski definition) is 3. The molecular weight excluding hydrogens is 190 g/mol. The molecular formula is C11H23N3O. The summed E-state index contributed by atoms with van der Waals surface area (Å²) in [5, 5.41) is 2.70. The van der Waals surface area contributed by atoms with Crippen LogP contribution in [-0.2, 0) is 4.79 Å². The second kappa shape index (κ2) is 5.47. The first-order valence-electron chi connectivity index (χ1n) is 5.77. The van der Waals surface area contributed by atoms with Gasteiger partial charge in [-0.05, 0) is 39.2 Å². The van der Waals surface area contributed by atoms with Gasteiger partial charge in [0, 0.05) is 19.6 Å². The van der Waals surface area contributed by atoms with E-state index < -0.39 is 0 Å². The van der Waals surface area contributed by atoms with E-state index in [1.54, 1.807) is 7.05 Å². The lowest BCUT2D eigenvalue weighted by Gasteiger charge is -2.40. The fourth-order valence-corrected chi connectivity index (χ4v) is 2.30. The molecule has 1 aliphatic rings. The van der Waals surface area contributed by atoms with E-state index in [9.17, 15) is 4.79 Å². The molecule has 1 amide bonds. The third-order valence-electron chi connectivity index (χ3n) is 3.48. The van der Waals surface area contributed by atoms with Gasteiger partial charge in [-0.3, -0.25) is 9.69 Å². The zero-order chi connectivity index (χ0) is 11.4. The van der Waals surface area contributed by atoms with Crippen molar-refractivity contribution >= 4 is 5.91 Å². The summed E-state index contributed by atoms with van der Waals surface area (Å²) >= 11 is 0.